The molecule has 2 aromatic heterocycles. The zero-order valence-electron chi connectivity index (χ0n) is 15.4. The highest BCUT2D eigenvalue weighted by atomic mass is 19.4. The van der Waals surface area contributed by atoms with Gasteiger partial charge in [0.1, 0.15) is 11.5 Å². The van der Waals surface area contributed by atoms with E-state index in [0.717, 1.165) is 12.1 Å². The van der Waals surface area contributed by atoms with Crippen molar-refractivity contribution in [3.05, 3.63) is 58.9 Å². The third kappa shape index (κ3) is 3.33. The van der Waals surface area contributed by atoms with Gasteiger partial charge >= 0.3 is 6.18 Å². The van der Waals surface area contributed by atoms with Crippen molar-refractivity contribution in [1.29, 1.82) is 0 Å². The second kappa shape index (κ2) is 7.04. The van der Waals surface area contributed by atoms with E-state index in [9.17, 15) is 27.5 Å². The predicted octanol–water partition coefficient (Wildman–Crippen LogP) is 2.51. The van der Waals surface area contributed by atoms with Crippen molar-refractivity contribution in [1.82, 2.24) is 29.9 Å². The molecule has 30 heavy (non-hydrogen) atoms. The minimum atomic E-state index is -4.91. The van der Waals surface area contributed by atoms with E-state index >= 15 is 0 Å². The summed E-state index contributed by atoms with van der Waals surface area (Å²) in [7, 11) is 0. The van der Waals surface area contributed by atoms with Gasteiger partial charge in [-0.2, -0.15) is 17.9 Å². The van der Waals surface area contributed by atoms with E-state index in [1.807, 2.05) is 0 Å². The van der Waals surface area contributed by atoms with Crippen molar-refractivity contribution in [2.45, 2.75) is 32.1 Å². The van der Waals surface area contributed by atoms with Crippen LogP contribution in [-0.4, -0.2) is 46.9 Å². The summed E-state index contributed by atoms with van der Waals surface area (Å²) < 4.78 is 54.7. The Hall–Kier alpha value is -3.57. The molecule has 1 aromatic carbocycles. The van der Waals surface area contributed by atoms with Crippen LogP contribution in [0.3, 0.4) is 0 Å². The number of benzene rings is 1. The number of aromatic hydroxyl groups is 1. The van der Waals surface area contributed by atoms with Crippen LogP contribution in [0.2, 0.25) is 0 Å². The van der Waals surface area contributed by atoms with E-state index in [2.05, 4.69) is 20.3 Å². The van der Waals surface area contributed by atoms with Gasteiger partial charge in [-0.15, -0.1) is 5.10 Å². The third-order valence-corrected chi connectivity index (χ3v) is 4.79. The minimum Gasteiger partial charge on any atom is -0.505 e. The first-order valence-corrected chi connectivity index (χ1v) is 8.78. The number of nitrogens with zero attached hydrogens (tertiary/aromatic N) is 6. The lowest BCUT2D eigenvalue weighted by atomic mass is 10.0. The van der Waals surface area contributed by atoms with Crippen LogP contribution < -0.4 is 0 Å². The first-order chi connectivity index (χ1) is 14.2. The number of aromatic nitrogens is 5. The summed E-state index contributed by atoms with van der Waals surface area (Å²) in [4.78, 5) is 22.0. The second-order valence-corrected chi connectivity index (χ2v) is 6.79. The number of alkyl halides is 3. The average molecular weight is 422 g/mol. The van der Waals surface area contributed by atoms with E-state index in [1.165, 1.54) is 22.0 Å². The summed E-state index contributed by atoms with van der Waals surface area (Å²) in [5, 5.41) is 17.3. The lowest BCUT2D eigenvalue weighted by molar-refractivity contribution is -0.140. The van der Waals surface area contributed by atoms with Crippen LogP contribution in [0.4, 0.5) is 17.6 Å². The molecule has 1 aliphatic rings. The molecule has 1 N–H and O–H groups in total. The third-order valence-electron chi connectivity index (χ3n) is 4.79. The van der Waals surface area contributed by atoms with Gasteiger partial charge in [-0.1, -0.05) is 11.3 Å². The van der Waals surface area contributed by atoms with Gasteiger partial charge in [0.25, 0.3) is 11.9 Å². The minimum absolute atomic E-state index is 0.0664. The molecule has 0 spiro atoms. The van der Waals surface area contributed by atoms with Gasteiger partial charge in [0.15, 0.2) is 5.75 Å². The lowest BCUT2D eigenvalue weighted by Gasteiger charge is -2.33. The van der Waals surface area contributed by atoms with Crippen molar-refractivity contribution in [2.75, 3.05) is 0 Å². The maximum Gasteiger partial charge on any atom is 0.419 e. The molecule has 0 radical (unpaired) electrons. The normalized spacial score (nSPS) is 16.4. The second-order valence-electron chi connectivity index (χ2n) is 6.79. The van der Waals surface area contributed by atoms with Gasteiger partial charge in [0.05, 0.1) is 35.8 Å². The fourth-order valence-electron chi connectivity index (χ4n) is 3.29. The summed E-state index contributed by atoms with van der Waals surface area (Å²) in [5.41, 5.74) is -1.14. The Balaban J connectivity index is 1.65. The topological polar surface area (TPSA) is 97.0 Å². The zero-order valence-corrected chi connectivity index (χ0v) is 15.4. The Morgan fingerprint density at radius 3 is 2.60 bits per heavy atom. The van der Waals surface area contributed by atoms with Gasteiger partial charge in [-0.05, 0) is 19.1 Å². The number of halogens is 4. The van der Waals surface area contributed by atoms with E-state index in [4.69, 9.17) is 0 Å². The predicted molar refractivity (Wildman–Crippen MR) is 93.1 cm³/mol. The number of amides is 1. The van der Waals surface area contributed by atoms with Crippen LogP contribution in [0.1, 0.15) is 34.2 Å². The summed E-state index contributed by atoms with van der Waals surface area (Å²) in [6, 6.07) is 2.13. The van der Waals surface area contributed by atoms with Crippen molar-refractivity contribution in [3.8, 4) is 11.7 Å². The van der Waals surface area contributed by atoms with Crippen molar-refractivity contribution in [2.24, 2.45) is 0 Å². The van der Waals surface area contributed by atoms with Gasteiger partial charge < -0.3 is 10.0 Å². The molecule has 1 aliphatic heterocycles. The fraction of sp³-hybridized carbons (Fsp3) is 0.278. The highest BCUT2D eigenvalue weighted by Crippen LogP contribution is 2.33. The molecule has 1 amide bonds. The summed E-state index contributed by atoms with van der Waals surface area (Å²) >= 11 is 0. The lowest BCUT2D eigenvalue weighted by Crippen LogP contribution is -2.43. The molecule has 1 atom stereocenters. The molecule has 0 unspecified atom stereocenters. The van der Waals surface area contributed by atoms with Gasteiger partial charge in [-0.3, -0.25) is 4.79 Å². The fourth-order valence-corrected chi connectivity index (χ4v) is 3.29. The Morgan fingerprint density at radius 1 is 1.23 bits per heavy atom. The van der Waals surface area contributed by atoms with Gasteiger partial charge in [-0.25, -0.2) is 14.4 Å². The molecule has 12 heteroatoms. The Bertz CT molecular complexity index is 1110. The molecule has 4 rings (SSSR count). The van der Waals surface area contributed by atoms with E-state index in [1.54, 1.807) is 6.92 Å². The molecule has 3 heterocycles. The number of hydrogen-bond acceptors (Lipinski definition) is 6. The number of hydrogen-bond donors (Lipinski definition) is 1. The van der Waals surface area contributed by atoms with Crippen LogP contribution in [0.25, 0.3) is 5.95 Å². The van der Waals surface area contributed by atoms with Crippen molar-refractivity contribution in [3.63, 3.8) is 0 Å². The van der Waals surface area contributed by atoms with Crippen LogP contribution >= 0.6 is 0 Å². The summed E-state index contributed by atoms with van der Waals surface area (Å²) in [6.45, 7) is 1.62. The number of carbonyl (C=O) groups excluding carboxylic acids is 1. The maximum absolute atomic E-state index is 14.4. The highest BCUT2D eigenvalue weighted by Gasteiger charge is 2.38. The molecule has 8 nitrogen and oxygen atoms in total. The Morgan fingerprint density at radius 2 is 1.93 bits per heavy atom. The van der Waals surface area contributed by atoms with Crippen molar-refractivity contribution < 1.29 is 27.5 Å². The molecular weight excluding hydrogens is 408 g/mol. The van der Waals surface area contributed by atoms with Gasteiger partial charge in [0, 0.05) is 12.5 Å². The molecule has 0 saturated carbocycles. The number of carbonyl (C=O) groups is 1. The smallest absolute Gasteiger partial charge is 0.419 e. The largest absolute Gasteiger partial charge is 0.505 e. The molecule has 0 fully saturated rings. The Labute approximate surface area is 166 Å². The van der Waals surface area contributed by atoms with Crippen LogP contribution in [0.5, 0.6) is 5.75 Å². The molecular formula is C18H14F4N6O2. The highest BCUT2D eigenvalue weighted by molar-refractivity contribution is 5.95. The summed E-state index contributed by atoms with van der Waals surface area (Å²) in [6.07, 6.45) is -2.28. The monoisotopic (exact) mass is 422 g/mol. The van der Waals surface area contributed by atoms with Crippen molar-refractivity contribution >= 4 is 5.91 Å². The maximum atomic E-state index is 14.4. The first-order valence-electron chi connectivity index (χ1n) is 8.78. The number of fused-ring (bicyclic) bond motifs is 1. The van der Waals surface area contributed by atoms with E-state index in [-0.39, 0.29) is 24.7 Å². The van der Waals surface area contributed by atoms with E-state index in [0.29, 0.717) is 17.5 Å². The Kier molecular flexibility index (Phi) is 4.63. The molecule has 0 aliphatic carbocycles. The molecule has 0 bridgehead atoms. The van der Waals surface area contributed by atoms with Crippen LogP contribution in [0, 0.1) is 5.82 Å². The quantitative estimate of drug-likeness (QED) is 0.638. The SMILES string of the molecule is C[C@H]1Cc2c(nnn2-c2ncc(O)cn2)CN1C(=O)c1cccc(C(F)(F)F)c1F. The molecule has 3 aromatic rings. The van der Waals surface area contributed by atoms with Crippen LogP contribution in [0.15, 0.2) is 30.6 Å². The van der Waals surface area contributed by atoms with Crippen LogP contribution in [-0.2, 0) is 19.1 Å². The standard InChI is InChI=1S/C18H14F4N6O2/c1-9-5-14-13(25-26-28(14)17-23-6-10(29)7-24-17)8-27(9)16(30)11-3-2-4-12(15(11)19)18(20,21)22/h2-4,6-7,9,29H,5,8H2,1H3/t9-/m0/s1. The summed E-state index contributed by atoms with van der Waals surface area (Å²) in [5.74, 6) is -2.43. The van der Waals surface area contributed by atoms with E-state index < -0.39 is 35.1 Å². The molecule has 0 saturated heterocycles. The first kappa shape index (κ1) is 19.7. The average Bonchev–Trinajstić information content (AvgIpc) is 3.09. The van der Waals surface area contributed by atoms with Gasteiger partial charge in [0.2, 0.25) is 0 Å². The molecule has 156 valence electrons. The zero-order chi connectivity index (χ0) is 21.6. The number of rotatable bonds is 2.